The molecule has 1 aromatic carbocycles. The molecule has 1 saturated heterocycles. The second-order valence-corrected chi connectivity index (χ2v) is 7.02. The van der Waals surface area contributed by atoms with Gasteiger partial charge in [0.15, 0.2) is 5.96 Å². The highest BCUT2D eigenvalue weighted by atomic mass is 35.5. The van der Waals surface area contributed by atoms with Crippen molar-refractivity contribution in [2.45, 2.75) is 25.9 Å². The molecular formula is C20H26ClN5O. The van der Waals surface area contributed by atoms with Crippen LogP contribution in [0.25, 0.3) is 0 Å². The number of benzene rings is 1. The maximum Gasteiger partial charge on any atom is 0.191 e. The van der Waals surface area contributed by atoms with Crippen LogP contribution in [-0.4, -0.2) is 44.2 Å². The summed E-state index contributed by atoms with van der Waals surface area (Å²) in [4.78, 5) is 11.0. The van der Waals surface area contributed by atoms with E-state index in [0.717, 1.165) is 48.2 Å². The zero-order valence-electron chi connectivity index (χ0n) is 16.0. The number of hydrogen-bond acceptors (Lipinski definition) is 4. The van der Waals surface area contributed by atoms with Gasteiger partial charge in [-0.15, -0.1) is 0 Å². The molecule has 0 saturated carbocycles. The summed E-state index contributed by atoms with van der Waals surface area (Å²) in [6.45, 7) is 4.48. The largest absolute Gasteiger partial charge is 0.496 e. The zero-order valence-corrected chi connectivity index (χ0v) is 16.8. The van der Waals surface area contributed by atoms with Crippen LogP contribution >= 0.6 is 11.6 Å². The molecule has 1 unspecified atom stereocenters. The van der Waals surface area contributed by atoms with Crippen molar-refractivity contribution >= 4 is 23.4 Å². The monoisotopic (exact) mass is 387 g/mol. The summed E-state index contributed by atoms with van der Waals surface area (Å²) in [5.41, 5.74) is 2.27. The first-order chi connectivity index (χ1) is 13.1. The molecule has 6 nitrogen and oxygen atoms in total. The fourth-order valence-electron chi connectivity index (χ4n) is 3.23. The van der Waals surface area contributed by atoms with Gasteiger partial charge in [0.1, 0.15) is 11.6 Å². The normalized spacial score (nSPS) is 17.1. The first-order valence-electron chi connectivity index (χ1n) is 9.07. The Morgan fingerprint density at radius 2 is 2.26 bits per heavy atom. The van der Waals surface area contributed by atoms with E-state index in [2.05, 4.69) is 43.7 Å². The lowest BCUT2D eigenvalue weighted by atomic mass is 10.1. The number of ether oxygens (including phenoxy) is 1. The standard InChI is InChI=1S/C20H26ClN5O/c1-14-6-7-15(11-18(14)27-3)12-24-20(22-2)25-16-8-10-26(13-16)19-17(21)5-4-9-23-19/h4-7,9,11,16H,8,10,12-13H2,1-3H3,(H2,22,24,25). The van der Waals surface area contributed by atoms with E-state index in [4.69, 9.17) is 16.3 Å². The fraction of sp³-hybridized carbons (Fsp3) is 0.400. The van der Waals surface area contributed by atoms with Gasteiger partial charge in [0, 0.05) is 38.9 Å². The summed E-state index contributed by atoms with van der Waals surface area (Å²) in [5.74, 6) is 2.53. The molecule has 0 aliphatic carbocycles. The van der Waals surface area contributed by atoms with Gasteiger partial charge < -0.3 is 20.3 Å². The van der Waals surface area contributed by atoms with Gasteiger partial charge in [-0.3, -0.25) is 4.99 Å². The van der Waals surface area contributed by atoms with E-state index in [1.165, 1.54) is 0 Å². The minimum absolute atomic E-state index is 0.293. The van der Waals surface area contributed by atoms with E-state index in [0.29, 0.717) is 17.6 Å². The molecule has 2 aromatic rings. The van der Waals surface area contributed by atoms with E-state index in [1.54, 1.807) is 20.4 Å². The smallest absolute Gasteiger partial charge is 0.191 e. The molecule has 0 bridgehead atoms. The Morgan fingerprint density at radius 3 is 3.00 bits per heavy atom. The Bertz CT molecular complexity index is 811. The molecule has 2 N–H and O–H groups in total. The number of rotatable bonds is 5. The third-order valence-electron chi connectivity index (χ3n) is 4.72. The first kappa shape index (κ1) is 19.3. The van der Waals surface area contributed by atoms with E-state index >= 15 is 0 Å². The van der Waals surface area contributed by atoms with E-state index in [9.17, 15) is 0 Å². The number of aliphatic imine (C=N–C) groups is 1. The molecule has 27 heavy (non-hydrogen) atoms. The molecule has 144 valence electrons. The minimum Gasteiger partial charge on any atom is -0.496 e. The van der Waals surface area contributed by atoms with Gasteiger partial charge in [0.2, 0.25) is 0 Å². The van der Waals surface area contributed by atoms with Crippen LogP contribution in [0.5, 0.6) is 5.75 Å². The Balaban J connectivity index is 1.55. The number of anilines is 1. The van der Waals surface area contributed by atoms with Crippen LogP contribution in [-0.2, 0) is 6.54 Å². The second kappa shape index (κ2) is 8.95. The number of aryl methyl sites for hydroxylation is 1. The molecule has 1 atom stereocenters. The number of aromatic nitrogens is 1. The predicted molar refractivity (Wildman–Crippen MR) is 111 cm³/mol. The number of nitrogens with one attached hydrogen (secondary N) is 2. The summed E-state index contributed by atoms with van der Waals surface area (Å²) >= 11 is 6.27. The third-order valence-corrected chi connectivity index (χ3v) is 5.02. The van der Waals surface area contributed by atoms with Crippen LogP contribution in [0.3, 0.4) is 0 Å². The molecule has 3 rings (SSSR count). The van der Waals surface area contributed by atoms with Gasteiger partial charge in [-0.25, -0.2) is 4.98 Å². The molecule has 1 aliphatic heterocycles. The molecule has 1 aliphatic rings. The SMILES string of the molecule is CN=C(NCc1ccc(C)c(OC)c1)NC1CCN(c2ncccc2Cl)C1. The van der Waals surface area contributed by atoms with Gasteiger partial charge >= 0.3 is 0 Å². The maximum atomic E-state index is 6.27. The summed E-state index contributed by atoms with van der Waals surface area (Å²) in [7, 11) is 3.48. The quantitative estimate of drug-likeness (QED) is 0.610. The van der Waals surface area contributed by atoms with Crippen molar-refractivity contribution in [1.82, 2.24) is 15.6 Å². The van der Waals surface area contributed by atoms with E-state index in [1.807, 2.05) is 19.1 Å². The highest BCUT2D eigenvalue weighted by Gasteiger charge is 2.25. The molecule has 1 aromatic heterocycles. The Hall–Kier alpha value is -2.47. The molecule has 0 spiro atoms. The summed E-state index contributed by atoms with van der Waals surface area (Å²) in [5, 5.41) is 7.55. The minimum atomic E-state index is 0.293. The molecule has 1 fully saturated rings. The van der Waals surface area contributed by atoms with Crippen LogP contribution in [0.4, 0.5) is 5.82 Å². The third kappa shape index (κ3) is 4.83. The number of methoxy groups -OCH3 is 1. The van der Waals surface area contributed by atoms with Crippen molar-refractivity contribution in [3.63, 3.8) is 0 Å². The van der Waals surface area contributed by atoms with Gasteiger partial charge in [-0.05, 0) is 42.7 Å². The van der Waals surface area contributed by atoms with Crippen LogP contribution in [0.1, 0.15) is 17.5 Å². The maximum absolute atomic E-state index is 6.27. The number of pyridine rings is 1. The number of halogens is 1. The van der Waals surface area contributed by atoms with Crippen molar-refractivity contribution in [3.05, 3.63) is 52.7 Å². The van der Waals surface area contributed by atoms with Crippen LogP contribution in [0, 0.1) is 6.92 Å². The van der Waals surface area contributed by atoms with Crippen molar-refractivity contribution < 1.29 is 4.74 Å². The van der Waals surface area contributed by atoms with Crippen molar-refractivity contribution in [3.8, 4) is 5.75 Å². The lowest BCUT2D eigenvalue weighted by molar-refractivity contribution is 0.411. The highest BCUT2D eigenvalue weighted by Crippen LogP contribution is 2.25. The van der Waals surface area contributed by atoms with Gasteiger partial charge in [0.25, 0.3) is 0 Å². The number of hydrogen-bond donors (Lipinski definition) is 2. The molecule has 2 heterocycles. The van der Waals surface area contributed by atoms with Crippen LogP contribution < -0.4 is 20.3 Å². The Labute approximate surface area is 165 Å². The van der Waals surface area contributed by atoms with E-state index < -0.39 is 0 Å². The Kier molecular flexibility index (Phi) is 6.40. The Morgan fingerprint density at radius 1 is 1.41 bits per heavy atom. The average molecular weight is 388 g/mol. The van der Waals surface area contributed by atoms with E-state index in [-0.39, 0.29) is 0 Å². The molecular weight excluding hydrogens is 362 g/mol. The average Bonchev–Trinajstić information content (AvgIpc) is 3.14. The molecule has 7 heteroatoms. The predicted octanol–water partition coefficient (Wildman–Crippen LogP) is 3.00. The lowest BCUT2D eigenvalue weighted by Gasteiger charge is -2.20. The lowest BCUT2D eigenvalue weighted by Crippen LogP contribution is -2.44. The summed E-state index contributed by atoms with van der Waals surface area (Å²) in [6.07, 6.45) is 2.78. The number of guanidine groups is 1. The molecule has 0 radical (unpaired) electrons. The molecule has 0 amide bonds. The highest BCUT2D eigenvalue weighted by molar-refractivity contribution is 6.32. The fourth-order valence-corrected chi connectivity index (χ4v) is 3.47. The zero-order chi connectivity index (χ0) is 19.2. The first-order valence-corrected chi connectivity index (χ1v) is 9.44. The van der Waals surface area contributed by atoms with Gasteiger partial charge in [-0.2, -0.15) is 0 Å². The van der Waals surface area contributed by atoms with Crippen LogP contribution in [0.15, 0.2) is 41.5 Å². The topological polar surface area (TPSA) is 61.8 Å². The van der Waals surface area contributed by atoms with Crippen molar-refractivity contribution in [2.75, 3.05) is 32.1 Å². The van der Waals surface area contributed by atoms with Crippen molar-refractivity contribution in [2.24, 2.45) is 4.99 Å². The summed E-state index contributed by atoms with van der Waals surface area (Å²) in [6, 6.07) is 10.2. The summed E-state index contributed by atoms with van der Waals surface area (Å²) < 4.78 is 5.39. The van der Waals surface area contributed by atoms with Gasteiger partial charge in [0.05, 0.1) is 12.1 Å². The second-order valence-electron chi connectivity index (χ2n) is 6.61. The van der Waals surface area contributed by atoms with Gasteiger partial charge in [-0.1, -0.05) is 23.7 Å². The number of nitrogens with zero attached hydrogens (tertiary/aromatic N) is 3. The van der Waals surface area contributed by atoms with Crippen LogP contribution in [0.2, 0.25) is 5.02 Å². The van der Waals surface area contributed by atoms with Crippen molar-refractivity contribution in [1.29, 1.82) is 0 Å².